The Kier molecular flexibility index (Phi) is 10.6. The van der Waals surface area contributed by atoms with Crippen LogP contribution in [0.1, 0.15) is 105 Å². The van der Waals surface area contributed by atoms with Crippen LogP contribution >= 0.6 is 0 Å². The van der Waals surface area contributed by atoms with Crippen LogP contribution in [0, 0.1) is 34.5 Å². The maximum atomic E-state index is 11.3. The Bertz CT molecular complexity index is 639. The molecule has 6 unspecified atom stereocenters. The highest BCUT2D eigenvalue weighted by Crippen LogP contribution is 2.38. The average molecular weight is 481 g/mol. The van der Waals surface area contributed by atoms with E-state index in [0.29, 0.717) is 12.8 Å². The Morgan fingerprint density at radius 1 is 0.706 bits per heavy atom. The zero-order valence-corrected chi connectivity index (χ0v) is 21.7. The first-order valence-corrected chi connectivity index (χ1v) is 13.4. The topological polar surface area (TPSA) is 115 Å². The van der Waals surface area contributed by atoms with E-state index in [2.05, 4.69) is 12.2 Å². The van der Waals surface area contributed by atoms with Crippen LogP contribution in [-0.2, 0) is 9.59 Å². The zero-order chi connectivity index (χ0) is 25.5. The molecule has 0 saturated heterocycles. The molecule has 0 aliphatic heterocycles. The second-order valence-corrected chi connectivity index (χ2v) is 12.2. The van der Waals surface area contributed by atoms with Gasteiger partial charge in [-0.05, 0) is 90.9 Å². The average Bonchev–Trinajstić information content (AvgIpc) is 2.75. The maximum Gasteiger partial charge on any atom is 0.309 e. The summed E-state index contributed by atoms with van der Waals surface area (Å²) >= 11 is 0. The summed E-state index contributed by atoms with van der Waals surface area (Å²) in [5.74, 6) is -0.950. The van der Waals surface area contributed by atoms with Crippen LogP contribution in [0.5, 0.6) is 0 Å². The Balaban J connectivity index is 1.85. The molecule has 4 N–H and O–H groups in total. The Morgan fingerprint density at radius 3 is 1.38 bits per heavy atom. The minimum atomic E-state index is -0.771. The van der Waals surface area contributed by atoms with E-state index in [1.165, 1.54) is 0 Å². The third kappa shape index (κ3) is 8.08. The van der Waals surface area contributed by atoms with Crippen molar-refractivity contribution in [3.63, 3.8) is 0 Å². The van der Waals surface area contributed by atoms with E-state index in [-0.39, 0.29) is 23.7 Å². The molecule has 2 saturated carbocycles. The van der Waals surface area contributed by atoms with Crippen LogP contribution < -0.4 is 0 Å². The first kappa shape index (κ1) is 28.8. The molecule has 0 spiro atoms. The fourth-order valence-corrected chi connectivity index (χ4v) is 5.78. The van der Waals surface area contributed by atoms with E-state index in [9.17, 15) is 30.0 Å². The van der Waals surface area contributed by atoms with Crippen LogP contribution in [0.4, 0.5) is 0 Å². The fraction of sp³-hybridized carbons (Fsp3) is 0.857. The molecule has 0 aromatic carbocycles. The Labute approximate surface area is 205 Å². The second kappa shape index (κ2) is 12.5. The van der Waals surface area contributed by atoms with Crippen molar-refractivity contribution in [2.75, 3.05) is 0 Å². The quantitative estimate of drug-likeness (QED) is 0.268. The van der Waals surface area contributed by atoms with E-state index >= 15 is 0 Å². The largest absolute Gasteiger partial charge is 0.481 e. The number of carbonyl (C=O) groups is 2. The van der Waals surface area contributed by atoms with Gasteiger partial charge in [-0.1, -0.05) is 37.8 Å². The van der Waals surface area contributed by atoms with Gasteiger partial charge in [-0.3, -0.25) is 9.59 Å². The standard InChI is InChI=1S/C28H48O6/c1-27(2,25(31)32)17-7-13-19-9-5-11-21(23(19)29)15-16-22-12-6-10-20(24(22)30)14-8-18-28(3,4)26(33)34/h15-16,19-24,29-30H,5-14,17-18H2,1-4H3,(H,31,32)(H,33,34)/b16-15-. The molecule has 6 atom stereocenters. The van der Waals surface area contributed by atoms with Gasteiger partial charge in [0.05, 0.1) is 23.0 Å². The highest BCUT2D eigenvalue weighted by atomic mass is 16.4. The van der Waals surface area contributed by atoms with Gasteiger partial charge in [-0.2, -0.15) is 0 Å². The molecule has 0 heterocycles. The number of aliphatic hydroxyl groups excluding tert-OH is 2. The summed E-state index contributed by atoms with van der Waals surface area (Å²) in [7, 11) is 0. The van der Waals surface area contributed by atoms with E-state index in [1.807, 2.05) is 0 Å². The summed E-state index contributed by atoms with van der Waals surface area (Å²) in [6, 6.07) is 0. The normalized spacial score (nSPS) is 31.0. The van der Waals surface area contributed by atoms with Gasteiger partial charge >= 0.3 is 11.9 Å². The van der Waals surface area contributed by atoms with E-state index in [1.54, 1.807) is 27.7 Å². The third-order valence-corrected chi connectivity index (χ3v) is 8.58. The van der Waals surface area contributed by atoms with Gasteiger partial charge in [0.2, 0.25) is 0 Å². The number of aliphatic hydroxyl groups is 2. The summed E-state index contributed by atoms with van der Waals surface area (Å²) in [5.41, 5.74) is -1.45. The molecule has 0 aromatic rings. The summed E-state index contributed by atoms with van der Waals surface area (Å²) in [6.07, 6.45) is 14.0. The molecule has 0 amide bonds. The minimum absolute atomic E-state index is 0.0928. The predicted molar refractivity (Wildman–Crippen MR) is 133 cm³/mol. The predicted octanol–water partition coefficient (Wildman–Crippen LogP) is 5.66. The van der Waals surface area contributed by atoms with Gasteiger partial charge in [-0.25, -0.2) is 0 Å². The second-order valence-electron chi connectivity index (χ2n) is 12.2. The number of carboxylic acids is 2. The van der Waals surface area contributed by atoms with Crippen molar-refractivity contribution in [1.29, 1.82) is 0 Å². The maximum absolute atomic E-state index is 11.3. The van der Waals surface area contributed by atoms with Crippen LogP contribution in [0.25, 0.3) is 0 Å². The van der Waals surface area contributed by atoms with Gasteiger partial charge in [0.15, 0.2) is 0 Å². The lowest BCUT2D eigenvalue weighted by Crippen LogP contribution is -2.34. The summed E-state index contributed by atoms with van der Waals surface area (Å²) < 4.78 is 0. The number of hydrogen-bond donors (Lipinski definition) is 4. The van der Waals surface area contributed by atoms with Gasteiger partial charge in [0.1, 0.15) is 0 Å². The lowest BCUT2D eigenvalue weighted by Gasteiger charge is -2.36. The first-order valence-electron chi connectivity index (χ1n) is 13.4. The van der Waals surface area contributed by atoms with Crippen LogP contribution in [0.2, 0.25) is 0 Å². The molecule has 196 valence electrons. The van der Waals surface area contributed by atoms with Gasteiger partial charge in [0.25, 0.3) is 0 Å². The van der Waals surface area contributed by atoms with Crippen molar-refractivity contribution in [2.24, 2.45) is 34.5 Å². The lowest BCUT2D eigenvalue weighted by molar-refractivity contribution is -0.148. The number of rotatable bonds is 12. The van der Waals surface area contributed by atoms with Crippen molar-refractivity contribution < 1.29 is 30.0 Å². The SMILES string of the molecule is CC(C)(CCCC1CCCC(/C=C\C2CCCC(CCCC(C)(C)C(=O)O)C2O)C1O)C(=O)O. The van der Waals surface area contributed by atoms with Crippen molar-refractivity contribution in [3.8, 4) is 0 Å². The molecule has 0 radical (unpaired) electrons. The van der Waals surface area contributed by atoms with E-state index in [0.717, 1.165) is 64.2 Å². The molecular weight excluding hydrogens is 432 g/mol. The van der Waals surface area contributed by atoms with Crippen molar-refractivity contribution >= 4 is 11.9 Å². The third-order valence-electron chi connectivity index (χ3n) is 8.58. The monoisotopic (exact) mass is 480 g/mol. The zero-order valence-electron chi connectivity index (χ0n) is 21.7. The molecule has 2 fully saturated rings. The molecule has 34 heavy (non-hydrogen) atoms. The molecule has 6 heteroatoms. The van der Waals surface area contributed by atoms with Gasteiger partial charge in [0, 0.05) is 11.8 Å². The Hall–Kier alpha value is -1.40. The molecule has 6 nitrogen and oxygen atoms in total. The molecule has 2 aliphatic carbocycles. The van der Waals surface area contributed by atoms with Gasteiger partial charge < -0.3 is 20.4 Å². The van der Waals surface area contributed by atoms with Crippen LogP contribution in [0.15, 0.2) is 12.2 Å². The molecule has 2 aliphatic rings. The highest BCUT2D eigenvalue weighted by Gasteiger charge is 2.34. The lowest BCUT2D eigenvalue weighted by atomic mass is 9.73. The van der Waals surface area contributed by atoms with Crippen molar-refractivity contribution in [1.82, 2.24) is 0 Å². The van der Waals surface area contributed by atoms with Gasteiger partial charge in [-0.15, -0.1) is 0 Å². The van der Waals surface area contributed by atoms with Crippen LogP contribution in [0.3, 0.4) is 0 Å². The minimum Gasteiger partial charge on any atom is -0.481 e. The Morgan fingerprint density at radius 2 is 1.06 bits per heavy atom. The fourth-order valence-electron chi connectivity index (χ4n) is 5.78. The number of hydrogen-bond acceptors (Lipinski definition) is 4. The summed E-state index contributed by atoms with van der Waals surface area (Å²) in [5, 5.41) is 40.6. The van der Waals surface area contributed by atoms with Crippen LogP contribution in [-0.4, -0.2) is 44.6 Å². The van der Waals surface area contributed by atoms with Crippen molar-refractivity contribution in [2.45, 2.75) is 117 Å². The molecule has 0 aromatic heterocycles. The summed E-state index contributed by atoms with van der Waals surface area (Å²) in [4.78, 5) is 22.7. The number of aliphatic carboxylic acids is 2. The smallest absolute Gasteiger partial charge is 0.309 e. The van der Waals surface area contributed by atoms with E-state index < -0.39 is 35.0 Å². The molecular formula is C28H48O6. The first-order chi connectivity index (χ1) is 15.8. The number of carboxylic acid groups (broad SMARTS) is 2. The van der Waals surface area contributed by atoms with Crippen molar-refractivity contribution in [3.05, 3.63) is 12.2 Å². The van der Waals surface area contributed by atoms with E-state index in [4.69, 9.17) is 0 Å². The highest BCUT2D eigenvalue weighted by molar-refractivity contribution is 5.73. The molecule has 2 rings (SSSR count). The molecule has 0 bridgehead atoms. The summed E-state index contributed by atoms with van der Waals surface area (Å²) in [6.45, 7) is 7.03.